The summed E-state index contributed by atoms with van der Waals surface area (Å²) < 4.78 is 0. The number of nitrogens with zero attached hydrogens (tertiary/aromatic N) is 1. The lowest BCUT2D eigenvalue weighted by atomic mass is 10.1. The molecule has 0 spiro atoms. The number of benzene rings is 2. The molecule has 5 nitrogen and oxygen atoms in total. The normalized spacial score (nSPS) is 17.0. The van der Waals surface area contributed by atoms with Gasteiger partial charge >= 0.3 is 0 Å². The van der Waals surface area contributed by atoms with Crippen molar-refractivity contribution in [2.45, 2.75) is 25.9 Å². The van der Waals surface area contributed by atoms with Crippen molar-refractivity contribution in [3.05, 3.63) is 71.4 Å². The molecular formula is C21H21N3O2. The number of hydrogen-bond acceptors (Lipinski definition) is 2. The Hall–Kier alpha value is -3.08. The fourth-order valence-electron chi connectivity index (χ4n) is 3.38. The Kier molecular flexibility index (Phi) is 4.21. The van der Waals surface area contributed by atoms with Crippen molar-refractivity contribution in [1.82, 2.24) is 15.2 Å². The van der Waals surface area contributed by atoms with Gasteiger partial charge in [-0.05, 0) is 31.0 Å². The predicted octanol–water partition coefficient (Wildman–Crippen LogP) is 3.01. The summed E-state index contributed by atoms with van der Waals surface area (Å²) in [6.45, 7) is 3.28. The van der Waals surface area contributed by atoms with Crippen LogP contribution in [0, 0.1) is 6.92 Å². The molecule has 2 heterocycles. The van der Waals surface area contributed by atoms with Crippen LogP contribution in [0.1, 0.15) is 28.0 Å². The second-order valence-electron chi connectivity index (χ2n) is 6.83. The van der Waals surface area contributed by atoms with Crippen LogP contribution in [0.4, 0.5) is 0 Å². The van der Waals surface area contributed by atoms with Crippen LogP contribution in [0.25, 0.3) is 10.9 Å². The summed E-state index contributed by atoms with van der Waals surface area (Å²) >= 11 is 0. The number of hydrogen-bond donors (Lipinski definition) is 2. The van der Waals surface area contributed by atoms with E-state index in [1.165, 1.54) is 5.56 Å². The van der Waals surface area contributed by atoms with Crippen LogP contribution in [-0.2, 0) is 11.3 Å². The molecule has 4 rings (SSSR count). The topological polar surface area (TPSA) is 65.2 Å². The zero-order chi connectivity index (χ0) is 18.1. The van der Waals surface area contributed by atoms with Gasteiger partial charge in [-0.2, -0.15) is 0 Å². The summed E-state index contributed by atoms with van der Waals surface area (Å²) in [5, 5.41) is 3.85. The number of H-pyrrole nitrogens is 1. The molecule has 1 fully saturated rings. The van der Waals surface area contributed by atoms with Crippen LogP contribution >= 0.6 is 0 Å². The van der Waals surface area contributed by atoms with Crippen LogP contribution in [0.15, 0.2) is 54.6 Å². The Balaban J connectivity index is 1.41. The Labute approximate surface area is 152 Å². The summed E-state index contributed by atoms with van der Waals surface area (Å²) in [5.74, 6) is -0.258. The van der Waals surface area contributed by atoms with Crippen LogP contribution in [-0.4, -0.2) is 34.3 Å². The Morgan fingerprint density at radius 3 is 2.73 bits per heavy atom. The van der Waals surface area contributed by atoms with E-state index in [0.717, 1.165) is 16.5 Å². The minimum absolute atomic E-state index is 0.0185. The maximum Gasteiger partial charge on any atom is 0.268 e. The molecule has 5 heteroatoms. The number of amides is 2. The predicted molar refractivity (Wildman–Crippen MR) is 101 cm³/mol. The highest BCUT2D eigenvalue weighted by atomic mass is 16.2. The maximum atomic E-state index is 12.6. The third kappa shape index (κ3) is 3.20. The summed E-state index contributed by atoms with van der Waals surface area (Å²) in [6, 6.07) is 17.3. The number of aryl methyl sites for hydroxylation is 1. The molecule has 1 aliphatic rings. The lowest BCUT2D eigenvalue weighted by Crippen LogP contribution is -2.41. The van der Waals surface area contributed by atoms with Crippen molar-refractivity contribution < 1.29 is 9.59 Å². The van der Waals surface area contributed by atoms with E-state index >= 15 is 0 Å². The van der Waals surface area contributed by atoms with E-state index in [1.54, 1.807) is 4.90 Å². The molecule has 1 saturated heterocycles. The summed E-state index contributed by atoms with van der Waals surface area (Å²) in [6.07, 6.45) is 0.636. The first-order valence-corrected chi connectivity index (χ1v) is 8.83. The summed E-state index contributed by atoms with van der Waals surface area (Å²) in [5.41, 5.74) is 3.70. The SMILES string of the molecule is Cc1ccc(CN2CC[C@@H](NC(=O)c3cc4ccccc4[nH]3)C2=O)cc1. The standard InChI is InChI=1S/C21H21N3O2/c1-14-6-8-15(9-7-14)13-24-11-10-18(21(24)26)23-20(25)19-12-16-4-2-3-5-17(16)22-19/h2-9,12,18,22H,10-11,13H2,1H3,(H,23,25)/t18-/m1/s1. The Morgan fingerprint density at radius 1 is 1.19 bits per heavy atom. The van der Waals surface area contributed by atoms with Gasteiger partial charge in [0.15, 0.2) is 0 Å². The molecule has 0 radical (unpaired) electrons. The molecule has 132 valence electrons. The molecule has 26 heavy (non-hydrogen) atoms. The lowest BCUT2D eigenvalue weighted by molar-refractivity contribution is -0.129. The van der Waals surface area contributed by atoms with E-state index in [2.05, 4.69) is 10.3 Å². The van der Waals surface area contributed by atoms with E-state index in [4.69, 9.17) is 0 Å². The van der Waals surface area contributed by atoms with Crippen LogP contribution in [0.2, 0.25) is 0 Å². The van der Waals surface area contributed by atoms with E-state index in [9.17, 15) is 9.59 Å². The zero-order valence-corrected chi connectivity index (χ0v) is 14.7. The van der Waals surface area contributed by atoms with Crippen molar-refractivity contribution >= 4 is 22.7 Å². The van der Waals surface area contributed by atoms with E-state index in [-0.39, 0.29) is 11.8 Å². The molecule has 2 amide bonds. The minimum Gasteiger partial charge on any atom is -0.351 e. The van der Waals surface area contributed by atoms with E-state index in [0.29, 0.717) is 25.2 Å². The van der Waals surface area contributed by atoms with Gasteiger partial charge in [-0.1, -0.05) is 48.0 Å². The maximum absolute atomic E-state index is 12.6. The van der Waals surface area contributed by atoms with Gasteiger partial charge in [0.25, 0.3) is 5.91 Å². The zero-order valence-electron chi connectivity index (χ0n) is 14.7. The average molecular weight is 347 g/mol. The number of likely N-dealkylation sites (tertiary alicyclic amines) is 1. The van der Waals surface area contributed by atoms with E-state index in [1.807, 2.05) is 61.5 Å². The third-order valence-corrected chi connectivity index (χ3v) is 4.87. The fraction of sp³-hybridized carbons (Fsp3) is 0.238. The lowest BCUT2D eigenvalue weighted by Gasteiger charge is -2.17. The monoisotopic (exact) mass is 347 g/mol. The first-order valence-electron chi connectivity index (χ1n) is 8.83. The molecule has 2 N–H and O–H groups in total. The minimum atomic E-state index is -0.459. The first-order chi connectivity index (χ1) is 12.6. The number of rotatable bonds is 4. The number of aromatic amines is 1. The highest BCUT2D eigenvalue weighted by molar-refractivity contribution is 6.00. The first kappa shape index (κ1) is 16.4. The van der Waals surface area contributed by atoms with Crippen molar-refractivity contribution in [3.63, 3.8) is 0 Å². The van der Waals surface area contributed by atoms with Gasteiger partial charge in [0.1, 0.15) is 11.7 Å². The second kappa shape index (κ2) is 6.67. The van der Waals surface area contributed by atoms with Gasteiger partial charge in [-0.3, -0.25) is 9.59 Å². The van der Waals surface area contributed by atoms with Crippen LogP contribution in [0.5, 0.6) is 0 Å². The van der Waals surface area contributed by atoms with Gasteiger partial charge in [0, 0.05) is 24.0 Å². The number of carbonyl (C=O) groups is 2. The molecule has 0 unspecified atom stereocenters. The molecule has 1 aromatic heterocycles. The van der Waals surface area contributed by atoms with Gasteiger partial charge < -0.3 is 15.2 Å². The van der Waals surface area contributed by atoms with E-state index < -0.39 is 6.04 Å². The average Bonchev–Trinajstić information content (AvgIpc) is 3.22. The molecule has 3 aromatic rings. The Morgan fingerprint density at radius 2 is 1.96 bits per heavy atom. The fourth-order valence-corrected chi connectivity index (χ4v) is 3.38. The van der Waals surface area contributed by atoms with Crippen molar-refractivity contribution in [3.8, 4) is 0 Å². The highest BCUT2D eigenvalue weighted by Gasteiger charge is 2.33. The number of para-hydroxylation sites is 1. The number of carbonyl (C=O) groups excluding carboxylic acids is 2. The van der Waals surface area contributed by atoms with Crippen molar-refractivity contribution in [2.24, 2.45) is 0 Å². The van der Waals surface area contributed by atoms with Gasteiger partial charge in [0.05, 0.1) is 0 Å². The van der Waals surface area contributed by atoms with Crippen LogP contribution < -0.4 is 5.32 Å². The number of aromatic nitrogens is 1. The molecule has 1 atom stereocenters. The third-order valence-electron chi connectivity index (χ3n) is 4.87. The highest BCUT2D eigenvalue weighted by Crippen LogP contribution is 2.18. The molecular weight excluding hydrogens is 326 g/mol. The van der Waals surface area contributed by atoms with Crippen molar-refractivity contribution in [1.29, 1.82) is 0 Å². The van der Waals surface area contributed by atoms with Gasteiger partial charge in [-0.15, -0.1) is 0 Å². The second-order valence-corrected chi connectivity index (χ2v) is 6.83. The summed E-state index contributed by atoms with van der Waals surface area (Å²) in [4.78, 5) is 30.0. The van der Waals surface area contributed by atoms with Crippen molar-refractivity contribution in [2.75, 3.05) is 6.54 Å². The molecule has 1 aliphatic heterocycles. The smallest absolute Gasteiger partial charge is 0.268 e. The van der Waals surface area contributed by atoms with Gasteiger partial charge in [0.2, 0.25) is 5.91 Å². The largest absolute Gasteiger partial charge is 0.351 e. The Bertz CT molecular complexity index is 926. The quantitative estimate of drug-likeness (QED) is 0.762. The molecule has 0 aliphatic carbocycles. The number of fused-ring (bicyclic) bond motifs is 1. The van der Waals surface area contributed by atoms with Gasteiger partial charge in [-0.25, -0.2) is 0 Å². The summed E-state index contributed by atoms with van der Waals surface area (Å²) in [7, 11) is 0. The number of nitrogens with one attached hydrogen (secondary N) is 2. The van der Waals surface area contributed by atoms with Crippen LogP contribution in [0.3, 0.4) is 0 Å². The molecule has 0 saturated carbocycles. The molecule has 2 aromatic carbocycles. The molecule has 0 bridgehead atoms.